The maximum atomic E-state index is 12.8. The number of halogens is 4. The molecule has 0 fully saturated rings. The Kier molecular flexibility index (Phi) is 9.41. The minimum atomic E-state index is -4.37. The van der Waals surface area contributed by atoms with Crippen LogP contribution in [0.1, 0.15) is 27.0 Å². The minimum Gasteiger partial charge on any atom is -0.352 e. The molecule has 0 saturated heterocycles. The standard InChI is InChI=1S/C20H23F3N4O.HI/c1-24-19(26-13-15-5-4-6-17(11-15)20(21,22)23)25-12-14-7-9-16(10-8-14)18(28)27(2)3;/h4-11H,12-13H2,1-3H3,(H2,24,25,26);1H. The lowest BCUT2D eigenvalue weighted by molar-refractivity contribution is -0.137. The molecule has 1 amide bonds. The maximum absolute atomic E-state index is 12.8. The van der Waals surface area contributed by atoms with Gasteiger partial charge in [0.1, 0.15) is 0 Å². The van der Waals surface area contributed by atoms with Crippen LogP contribution in [0.25, 0.3) is 0 Å². The van der Waals surface area contributed by atoms with E-state index in [1.54, 1.807) is 39.3 Å². The maximum Gasteiger partial charge on any atom is 0.416 e. The third-order valence-electron chi connectivity index (χ3n) is 4.00. The van der Waals surface area contributed by atoms with Crippen molar-refractivity contribution in [2.75, 3.05) is 21.1 Å². The van der Waals surface area contributed by atoms with Gasteiger partial charge in [0.15, 0.2) is 5.96 Å². The third-order valence-corrected chi connectivity index (χ3v) is 4.00. The molecule has 0 aliphatic heterocycles. The molecule has 0 aliphatic rings. The van der Waals surface area contributed by atoms with Gasteiger partial charge >= 0.3 is 6.18 Å². The highest BCUT2D eigenvalue weighted by atomic mass is 127. The normalized spacial score (nSPS) is 11.4. The number of amides is 1. The summed E-state index contributed by atoms with van der Waals surface area (Å²) in [6, 6.07) is 12.3. The molecule has 0 aliphatic carbocycles. The third kappa shape index (κ3) is 7.56. The Hall–Kier alpha value is -2.30. The van der Waals surface area contributed by atoms with Crippen LogP contribution < -0.4 is 10.6 Å². The number of hydrogen-bond acceptors (Lipinski definition) is 2. The number of carbonyl (C=O) groups excluding carboxylic acids is 1. The zero-order valence-electron chi connectivity index (χ0n) is 16.4. The first-order chi connectivity index (χ1) is 13.2. The van der Waals surface area contributed by atoms with Gasteiger partial charge in [-0.25, -0.2) is 0 Å². The fraction of sp³-hybridized carbons (Fsp3) is 0.300. The molecule has 2 N–H and O–H groups in total. The quantitative estimate of drug-likeness (QED) is 0.358. The molecule has 29 heavy (non-hydrogen) atoms. The molecule has 0 spiro atoms. The second kappa shape index (κ2) is 11.0. The van der Waals surface area contributed by atoms with E-state index >= 15 is 0 Å². The van der Waals surface area contributed by atoms with Crippen LogP contribution >= 0.6 is 24.0 Å². The molecule has 9 heteroatoms. The highest BCUT2D eigenvalue weighted by Crippen LogP contribution is 2.29. The number of guanidine groups is 1. The van der Waals surface area contributed by atoms with Crippen LogP contribution in [0.2, 0.25) is 0 Å². The van der Waals surface area contributed by atoms with Crippen LogP contribution in [0, 0.1) is 0 Å². The molecule has 0 heterocycles. The lowest BCUT2D eigenvalue weighted by Crippen LogP contribution is -2.36. The van der Waals surface area contributed by atoms with Crippen molar-refractivity contribution in [3.8, 4) is 0 Å². The highest BCUT2D eigenvalue weighted by Gasteiger charge is 2.30. The van der Waals surface area contributed by atoms with Gasteiger partial charge in [-0.3, -0.25) is 9.79 Å². The lowest BCUT2D eigenvalue weighted by atomic mass is 10.1. The molecule has 158 valence electrons. The van der Waals surface area contributed by atoms with Gasteiger partial charge in [0, 0.05) is 39.8 Å². The van der Waals surface area contributed by atoms with Gasteiger partial charge in [-0.2, -0.15) is 13.2 Å². The van der Waals surface area contributed by atoms with Crippen molar-refractivity contribution in [1.29, 1.82) is 0 Å². The predicted molar refractivity (Wildman–Crippen MR) is 118 cm³/mol. The van der Waals surface area contributed by atoms with Crippen molar-refractivity contribution in [2.24, 2.45) is 4.99 Å². The zero-order chi connectivity index (χ0) is 20.7. The van der Waals surface area contributed by atoms with E-state index in [1.807, 2.05) is 12.1 Å². The molecule has 0 saturated carbocycles. The summed E-state index contributed by atoms with van der Waals surface area (Å²) in [5.74, 6) is 0.393. The van der Waals surface area contributed by atoms with Gasteiger partial charge in [-0.05, 0) is 35.4 Å². The average Bonchev–Trinajstić information content (AvgIpc) is 2.67. The van der Waals surface area contributed by atoms with Crippen LogP contribution in [0.3, 0.4) is 0 Å². The Morgan fingerprint density at radius 1 is 1.00 bits per heavy atom. The predicted octanol–water partition coefficient (Wildman–Crippen LogP) is 3.89. The summed E-state index contributed by atoms with van der Waals surface area (Å²) in [6.45, 7) is 0.665. The van der Waals surface area contributed by atoms with E-state index in [0.29, 0.717) is 23.6 Å². The lowest BCUT2D eigenvalue weighted by Gasteiger charge is -2.14. The second-order valence-corrected chi connectivity index (χ2v) is 6.37. The summed E-state index contributed by atoms with van der Waals surface area (Å²) in [5, 5.41) is 6.08. The summed E-state index contributed by atoms with van der Waals surface area (Å²) >= 11 is 0. The SMILES string of the molecule is CN=C(NCc1ccc(C(=O)N(C)C)cc1)NCc1cccc(C(F)(F)F)c1.I. The zero-order valence-corrected chi connectivity index (χ0v) is 18.7. The smallest absolute Gasteiger partial charge is 0.352 e. The fourth-order valence-corrected chi connectivity index (χ4v) is 2.47. The van der Waals surface area contributed by atoms with Crippen molar-refractivity contribution >= 4 is 35.8 Å². The molecule has 0 unspecified atom stereocenters. The number of benzene rings is 2. The summed E-state index contributed by atoms with van der Waals surface area (Å²) in [6.07, 6.45) is -4.37. The Morgan fingerprint density at radius 3 is 2.10 bits per heavy atom. The van der Waals surface area contributed by atoms with Crippen LogP contribution in [0.15, 0.2) is 53.5 Å². The molecule has 0 radical (unpaired) electrons. The van der Waals surface area contributed by atoms with Crippen molar-refractivity contribution in [3.05, 3.63) is 70.8 Å². The molecule has 0 atom stereocenters. The molecular weight excluding hydrogens is 496 g/mol. The molecule has 0 bridgehead atoms. The van der Waals surface area contributed by atoms with E-state index in [0.717, 1.165) is 17.7 Å². The first-order valence-electron chi connectivity index (χ1n) is 8.62. The summed E-state index contributed by atoms with van der Waals surface area (Å²) in [7, 11) is 4.97. The average molecular weight is 520 g/mol. The number of carbonyl (C=O) groups is 1. The van der Waals surface area contributed by atoms with E-state index in [-0.39, 0.29) is 36.4 Å². The molecule has 2 aromatic carbocycles. The number of nitrogens with zero attached hydrogens (tertiary/aromatic N) is 2. The van der Waals surface area contributed by atoms with E-state index in [9.17, 15) is 18.0 Å². The fourth-order valence-electron chi connectivity index (χ4n) is 2.47. The van der Waals surface area contributed by atoms with Gasteiger partial charge in [0.25, 0.3) is 5.91 Å². The van der Waals surface area contributed by atoms with Crippen molar-refractivity contribution in [2.45, 2.75) is 19.3 Å². The van der Waals surface area contributed by atoms with Gasteiger partial charge in [-0.15, -0.1) is 24.0 Å². The topological polar surface area (TPSA) is 56.7 Å². The van der Waals surface area contributed by atoms with Crippen LogP contribution in [0.5, 0.6) is 0 Å². The largest absolute Gasteiger partial charge is 0.416 e. The number of alkyl halides is 3. The summed E-state index contributed by atoms with van der Waals surface area (Å²) < 4.78 is 38.4. The van der Waals surface area contributed by atoms with E-state index < -0.39 is 11.7 Å². The van der Waals surface area contributed by atoms with Gasteiger partial charge in [-0.1, -0.05) is 24.3 Å². The van der Waals surface area contributed by atoms with E-state index in [1.165, 1.54) is 11.0 Å². The number of nitrogens with one attached hydrogen (secondary N) is 2. The molecule has 5 nitrogen and oxygen atoms in total. The molecule has 2 aromatic rings. The Bertz CT molecular complexity index is 836. The van der Waals surface area contributed by atoms with Crippen molar-refractivity contribution in [3.63, 3.8) is 0 Å². The highest BCUT2D eigenvalue weighted by molar-refractivity contribution is 14.0. The Morgan fingerprint density at radius 2 is 1.59 bits per heavy atom. The number of hydrogen-bond donors (Lipinski definition) is 2. The monoisotopic (exact) mass is 520 g/mol. The summed E-state index contributed by atoms with van der Waals surface area (Å²) in [4.78, 5) is 17.5. The molecule has 2 rings (SSSR count). The van der Waals surface area contributed by atoms with Gasteiger partial charge in [0.2, 0.25) is 0 Å². The second-order valence-electron chi connectivity index (χ2n) is 6.37. The Balaban J connectivity index is 0.00000420. The van der Waals surface area contributed by atoms with Crippen LogP contribution in [-0.4, -0.2) is 37.9 Å². The van der Waals surface area contributed by atoms with Crippen LogP contribution in [-0.2, 0) is 19.3 Å². The summed E-state index contributed by atoms with van der Waals surface area (Å²) in [5.41, 5.74) is 1.37. The minimum absolute atomic E-state index is 0. The van der Waals surface area contributed by atoms with Crippen LogP contribution in [0.4, 0.5) is 13.2 Å². The van der Waals surface area contributed by atoms with Crippen molar-refractivity contribution < 1.29 is 18.0 Å². The van der Waals surface area contributed by atoms with E-state index in [2.05, 4.69) is 15.6 Å². The van der Waals surface area contributed by atoms with Gasteiger partial charge in [0.05, 0.1) is 5.56 Å². The Labute approximate surface area is 185 Å². The van der Waals surface area contributed by atoms with E-state index in [4.69, 9.17) is 0 Å². The first-order valence-corrected chi connectivity index (χ1v) is 8.62. The first kappa shape index (κ1) is 24.7. The number of aliphatic imine (C=N–C) groups is 1. The molecular formula is C20H24F3IN4O. The van der Waals surface area contributed by atoms with Crippen molar-refractivity contribution in [1.82, 2.24) is 15.5 Å². The number of rotatable bonds is 5. The van der Waals surface area contributed by atoms with Gasteiger partial charge < -0.3 is 15.5 Å². The molecule has 0 aromatic heterocycles.